The summed E-state index contributed by atoms with van der Waals surface area (Å²) in [7, 11) is 0. The van der Waals surface area contributed by atoms with E-state index in [1.54, 1.807) is 12.3 Å². The molecule has 0 aliphatic carbocycles. The highest BCUT2D eigenvalue weighted by atomic mass is 16.2. The monoisotopic (exact) mass is 311 g/mol. The van der Waals surface area contributed by atoms with Crippen LogP contribution >= 0.6 is 0 Å². The van der Waals surface area contributed by atoms with Crippen molar-refractivity contribution in [2.75, 3.05) is 5.32 Å². The smallest absolute Gasteiger partial charge is 0.270 e. The highest BCUT2D eigenvalue weighted by Gasteiger charge is 2.16. The molecule has 1 aromatic heterocycles. The van der Waals surface area contributed by atoms with E-state index < -0.39 is 0 Å². The van der Waals surface area contributed by atoms with Gasteiger partial charge in [-0.25, -0.2) is 0 Å². The van der Waals surface area contributed by atoms with Gasteiger partial charge in [-0.3, -0.25) is 9.78 Å². The van der Waals surface area contributed by atoms with E-state index in [9.17, 15) is 4.79 Å². The first kappa shape index (κ1) is 17.0. The number of hydrogen-bond donors (Lipinski definition) is 2. The summed E-state index contributed by atoms with van der Waals surface area (Å²) in [5.74, 6) is 0.252. The third-order valence-electron chi connectivity index (χ3n) is 3.34. The molecule has 0 aliphatic heterocycles. The summed E-state index contributed by atoms with van der Waals surface area (Å²) in [6, 6.07) is 11.8. The van der Waals surface area contributed by atoms with Crippen molar-refractivity contribution >= 4 is 17.3 Å². The maximum atomic E-state index is 12.2. The molecule has 0 bridgehead atoms. The van der Waals surface area contributed by atoms with Gasteiger partial charge in [0.05, 0.1) is 0 Å². The molecule has 1 amide bonds. The van der Waals surface area contributed by atoms with Gasteiger partial charge in [0.1, 0.15) is 5.69 Å². The molecule has 4 heteroatoms. The van der Waals surface area contributed by atoms with Crippen molar-refractivity contribution < 1.29 is 4.79 Å². The number of rotatable bonds is 4. The van der Waals surface area contributed by atoms with Crippen LogP contribution in [-0.2, 0) is 0 Å². The largest absolute Gasteiger partial charge is 0.355 e. The lowest BCUT2D eigenvalue weighted by molar-refractivity contribution is 0.0914. The lowest BCUT2D eigenvalue weighted by Crippen LogP contribution is -2.40. The van der Waals surface area contributed by atoms with Crippen LogP contribution in [0, 0.1) is 0 Å². The van der Waals surface area contributed by atoms with Crippen molar-refractivity contribution in [3.8, 4) is 0 Å². The number of amides is 1. The van der Waals surface area contributed by atoms with Gasteiger partial charge in [-0.1, -0.05) is 32.0 Å². The van der Waals surface area contributed by atoms with E-state index in [1.807, 2.05) is 45.0 Å². The van der Waals surface area contributed by atoms with Gasteiger partial charge in [0.25, 0.3) is 5.91 Å². The molecule has 2 aromatic rings. The molecule has 2 N–H and O–H groups in total. The number of hydrogen-bond acceptors (Lipinski definition) is 3. The number of benzene rings is 1. The van der Waals surface area contributed by atoms with Crippen LogP contribution in [-0.4, -0.2) is 16.4 Å². The van der Waals surface area contributed by atoms with E-state index in [0.717, 1.165) is 11.4 Å². The highest BCUT2D eigenvalue weighted by Crippen LogP contribution is 2.26. The van der Waals surface area contributed by atoms with E-state index in [2.05, 4.69) is 35.5 Å². The number of carbonyl (C=O) groups is 1. The van der Waals surface area contributed by atoms with Gasteiger partial charge in [-0.05, 0) is 50.5 Å². The second-order valence-electron chi connectivity index (χ2n) is 7.00. The number of para-hydroxylation sites is 1. The Kier molecular flexibility index (Phi) is 5.04. The lowest BCUT2D eigenvalue weighted by Gasteiger charge is -2.20. The first-order valence-corrected chi connectivity index (χ1v) is 7.91. The van der Waals surface area contributed by atoms with E-state index in [1.165, 1.54) is 5.56 Å². The van der Waals surface area contributed by atoms with Crippen LogP contribution in [0.1, 0.15) is 56.6 Å². The molecule has 1 heterocycles. The average molecular weight is 311 g/mol. The number of aromatic nitrogens is 1. The summed E-state index contributed by atoms with van der Waals surface area (Å²) in [4.78, 5) is 16.4. The number of pyridine rings is 1. The third kappa shape index (κ3) is 4.81. The predicted octanol–water partition coefficient (Wildman–Crippen LogP) is 4.48. The van der Waals surface area contributed by atoms with Crippen LogP contribution in [0.3, 0.4) is 0 Å². The van der Waals surface area contributed by atoms with Crippen molar-refractivity contribution in [2.45, 2.75) is 46.1 Å². The van der Waals surface area contributed by atoms with Crippen molar-refractivity contribution in [3.63, 3.8) is 0 Å². The van der Waals surface area contributed by atoms with Gasteiger partial charge < -0.3 is 10.6 Å². The summed E-state index contributed by atoms with van der Waals surface area (Å²) in [6.07, 6.45) is 1.65. The Labute approximate surface area is 138 Å². The fourth-order valence-electron chi connectivity index (χ4n) is 2.31. The van der Waals surface area contributed by atoms with E-state index in [-0.39, 0.29) is 11.4 Å². The number of nitrogens with zero attached hydrogens (tertiary/aromatic N) is 1. The number of nitrogens with one attached hydrogen (secondary N) is 2. The summed E-state index contributed by atoms with van der Waals surface area (Å²) < 4.78 is 0. The molecule has 23 heavy (non-hydrogen) atoms. The fourth-order valence-corrected chi connectivity index (χ4v) is 2.31. The quantitative estimate of drug-likeness (QED) is 0.875. The summed E-state index contributed by atoms with van der Waals surface area (Å²) in [6.45, 7) is 10.2. The Hall–Kier alpha value is -2.36. The molecule has 1 aromatic carbocycles. The summed E-state index contributed by atoms with van der Waals surface area (Å²) in [5.41, 5.74) is 3.27. The maximum absolute atomic E-state index is 12.2. The van der Waals surface area contributed by atoms with E-state index in [0.29, 0.717) is 11.6 Å². The molecule has 0 fully saturated rings. The Balaban J connectivity index is 2.23. The maximum Gasteiger partial charge on any atom is 0.270 e. The minimum Gasteiger partial charge on any atom is -0.355 e. The molecule has 0 radical (unpaired) electrons. The lowest BCUT2D eigenvalue weighted by atomic mass is 10.0. The van der Waals surface area contributed by atoms with Crippen molar-refractivity contribution in [1.29, 1.82) is 0 Å². The van der Waals surface area contributed by atoms with E-state index in [4.69, 9.17) is 0 Å². The molecule has 0 saturated carbocycles. The summed E-state index contributed by atoms with van der Waals surface area (Å²) in [5, 5.41) is 6.32. The van der Waals surface area contributed by atoms with Gasteiger partial charge in [0, 0.05) is 23.1 Å². The van der Waals surface area contributed by atoms with Gasteiger partial charge in [0.2, 0.25) is 0 Å². The second kappa shape index (κ2) is 6.82. The molecule has 4 nitrogen and oxygen atoms in total. The molecule has 0 aliphatic rings. The Bertz CT molecular complexity index is 687. The van der Waals surface area contributed by atoms with Crippen LogP contribution in [0.4, 0.5) is 11.4 Å². The van der Waals surface area contributed by atoms with E-state index >= 15 is 0 Å². The molecule has 122 valence electrons. The van der Waals surface area contributed by atoms with Crippen LogP contribution in [0.2, 0.25) is 0 Å². The zero-order chi connectivity index (χ0) is 17.0. The average Bonchev–Trinajstić information content (AvgIpc) is 2.46. The topological polar surface area (TPSA) is 54.0 Å². The third-order valence-corrected chi connectivity index (χ3v) is 3.34. The van der Waals surface area contributed by atoms with Crippen LogP contribution < -0.4 is 10.6 Å². The van der Waals surface area contributed by atoms with Crippen LogP contribution in [0.15, 0.2) is 42.6 Å². The van der Waals surface area contributed by atoms with Crippen molar-refractivity contribution in [1.82, 2.24) is 10.3 Å². The molecular formula is C19H25N3O. The molecule has 0 atom stereocenters. The fraction of sp³-hybridized carbons (Fsp3) is 0.368. The van der Waals surface area contributed by atoms with Crippen molar-refractivity contribution in [2.24, 2.45) is 0 Å². The highest BCUT2D eigenvalue weighted by molar-refractivity contribution is 5.93. The normalized spacial score (nSPS) is 11.4. The Morgan fingerprint density at radius 1 is 1.13 bits per heavy atom. The molecular weight excluding hydrogens is 286 g/mol. The second-order valence-corrected chi connectivity index (χ2v) is 7.00. The first-order valence-electron chi connectivity index (χ1n) is 7.91. The van der Waals surface area contributed by atoms with Gasteiger partial charge in [-0.2, -0.15) is 0 Å². The zero-order valence-corrected chi connectivity index (χ0v) is 14.5. The van der Waals surface area contributed by atoms with Crippen LogP contribution in [0.25, 0.3) is 0 Å². The summed E-state index contributed by atoms with van der Waals surface area (Å²) >= 11 is 0. The minimum absolute atomic E-state index is 0.168. The van der Waals surface area contributed by atoms with Crippen molar-refractivity contribution in [3.05, 3.63) is 53.9 Å². The van der Waals surface area contributed by atoms with Gasteiger partial charge >= 0.3 is 0 Å². The van der Waals surface area contributed by atoms with Crippen LogP contribution in [0.5, 0.6) is 0 Å². The molecule has 2 rings (SSSR count). The van der Waals surface area contributed by atoms with Gasteiger partial charge in [0.15, 0.2) is 0 Å². The first-order chi connectivity index (χ1) is 10.8. The molecule has 0 saturated heterocycles. The SMILES string of the molecule is CC(C)c1ccccc1Nc1ccnc(C(=O)NC(C)(C)C)c1. The number of anilines is 2. The number of carbonyl (C=O) groups excluding carboxylic acids is 1. The minimum atomic E-state index is -0.285. The Morgan fingerprint density at radius 3 is 2.48 bits per heavy atom. The predicted molar refractivity (Wildman–Crippen MR) is 95.3 cm³/mol. The van der Waals surface area contributed by atoms with Gasteiger partial charge in [-0.15, -0.1) is 0 Å². The molecule has 0 unspecified atom stereocenters. The molecule has 0 spiro atoms. The standard InChI is InChI=1S/C19H25N3O/c1-13(2)15-8-6-7-9-16(15)21-14-10-11-20-17(12-14)18(23)22-19(3,4)5/h6-13H,1-5H3,(H,20,21)(H,22,23). The Morgan fingerprint density at radius 2 is 1.83 bits per heavy atom. The zero-order valence-electron chi connectivity index (χ0n) is 14.5.